The maximum atomic E-state index is 5.56. The number of rotatable bonds is 6. The van der Waals surface area contributed by atoms with Crippen LogP contribution in [0.25, 0.3) is 0 Å². The molecule has 0 fully saturated rings. The average molecular weight is 287 g/mol. The molecule has 1 aromatic heterocycles. The lowest BCUT2D eigenvalue weighted by molar-refractivity contribution is 0.415. The van der Waals surface area contributed by atoms with Gasteiger partial charge in [0.05, 0.1) is 12.8 Å². The van der Waals surface area contributed by atoms with Crippen molar-refractivity contribution in [3.8, 4) is 5.75 Å². The van der Waals surface area contributed by atoms with Crippen molar-refractivity contribution in [1.29, 1.82) is 0 Å². The molecule has 2 aromatic rings. The van der Waals surface area contributed by atoms with Gasteiger partial charge in [0, 0.05) is 12.6 Å². The van der Waals surface area contributed by atoms with Crippen molar-refractivity contribution in [2.24, 2.45) is 5.84 Å². The standard InChI is InChI=1S/C15H21N5O/c1-4-7-11-14(19-16)17-10-18-15(11)20(2)12-8-5-6-9-13(12)21-3/h5-6,8-10H,4,7,16H2,1-3H3,(H,17,18,19). The number of hydrogen-bond donors (Lipinski definition) is 2. The van der Waals surface area contributed by atoms with Gasteiger partial charge in [-0.1, -0.05) is 25.5 Å². The second-order valence-electron chi connectivity index (χ2n) is 4.65. The summed E-state index contributed by atoms with van der Waals surface area (Å²) in [6.07, 6.45) is 3.33. The lowest BCUT2D eigenvalue weighted by Crippen LogP contribution is -2.18. The van der Waals surface area contributed by atoms with E-state index in [0.717, 1.165) is 35.7 Å². The third-order valence-electron chi connectivity index (χ3n) is 3.32. The molecule has 0 radical (unpaired) electrons. The van der Waals surface area contributed by atoms with Crippen molar-refractivity contribution in [2.45, 2.75) is 19.8 Å². The van der Waals surface area contributed by atoms with Crippen LogP contribution in [0.3, 0.4) is 0 Å². The second-order valence-corrected chi connectivity index (χ2v) is 4.65. The number of nitrogens with zero attached hydrogens (tertiary/aromatic N) is 3. The van der Waals surface area contributed by atoms with Crippen LogP contribution in [-0.2, 0) is 6.42 Å². The Morgan fingerprint density at radius 1 is 1.29 bits per heavy atom. The van der Waals surface area contributed by atoms with E-state index in [1.54, 1.807) is 7.11 Å². The van der Waals surface area contributed by atoms with Gasteiger partial charge in [0.15, 0.2) is 0 Å². The lowest BCUT2D eigenvalue weighted by Gasteiger charge is -2.23. The van der Waals surface area contributed by atoms with Gasteiger partial charge in [0.2, 0.25) is 0 Å². The molecule has 112 valence electrons. The number of hydrogen-bond acceptors (Lipinski definition) is 6. The maximum absolute atomic E-state index is 5.56. The molecule has 0 atom stereocenters. The minimum absolute atomic E-state index is 0.656. The Hall–Kier alpha value is -2.34. The predicted molar refractivity (Wildman–Crippen MR) is 84.9 cm³/mol. The molecule has 0 saturated carbocycles. The van der Waals surface area contributed by atoms with Crippen LogP contribution in [0.5, 0.6) is 5.75 Å². The van der Waals surface area contributed by atoms with Gasteiger partial charge in [-0.15, -0.1) is 0 Å². The average Bonchev–Trinajstić information content (AvgIpc) is 2.54. The molecule has 3 N–H and O–H groups in total. The van der Waals surface area contributed by atoms with E-state index in [4.69, 9.17) is 10.6 Å². The van der Waals surface area contributed by atoms with Crippen molar-refractivity contribution in [2.75, 3.05) is 24.5 Å². The number of ether oxygens (including phenoxy) is 1. The van der Waals surface area contributed by atoms with Gasteiger partial charge >= 0.3 is 0 Å². The number of anilines is 3. The first-order chi connectivity index (χ1) is 10.2. The smallest absolute Gasteiger partial charge is 0.148 e. The van der Waals surface area contributed by atoms with Gasteiger partial charge in [0.25, 0.3) is 0 Å². The number of hydrazine groups is 1. The molecule has 6 nitrogen and oxygen atoms in total. The highest BCUT2D eigenvalue weighted by Crippen LogP contribution is 2.34. The molecule has 0 aliphatic carbocycles. The summed E-state index contributed by atoms with van der Waals surface area (Å²) >= 11 is 0. The van der Waals surface area contributed by atoms with Crippen LogP contribution in [0.4, 0.5) is 17.3 Å². The van der Waals surface area contributed by atoms with E-state index >= 15 is 0 Å². The Labute approximate surface area is 124 Å². The second kappa shape index (κ2) is 6.90. The summed E-state index contributed by atoms with van der Waals surface area (Å²) in [7, 11) is 3.62. The van der Waals surface area contributed by atoms with E-state index in [1.807, 2.05) is 36.2 Å². The summed E-state index contributed by atoms with van der Waals surface area (Å²) in [6.45, 7) is 2.11. The summed E-state index contributed by atoms with van der Waals surface area (Å²) in [5, 5.41) is 0. The van der Waals surface area contributed by atoms with E-state index in [9.17, 15) is 0 Å². The Morgan fingerprint density at radius 2 is 2.05 bits per heavy atom. The van der Waals surface area contributed by atoms with Crippen LogP contribution in [0, 0.1) is 0 Å². The fraction of sp³-hybridized carbons (Fsp3) is 0.333. The quantitative estimate of drug-likeness (QED) is 0.628. The first-order valence-electron chi connectivity index (χ1n) is 6.90. The van der Waals surface area contributed by atoms with Gasteiger partial charge in [-0.2, -0.15) is 0 Å². The number of aromatic nitrogens is 2. The normalized spacial score (nSPS) is 10.3. The van der Waals surface area contributed by atoms with Crippen LogP contribution >= 0.6 is 0 Å². The monoisotopic (exact) mass is 287 g/mol. The van der Waals surface area contributed by atoms with Crippen LogP contribution < -0.4 is 20.9 Å². The minimum atomic E-state index is 0.656. The molecular weight excluding hydrogens is 266 g/mol. The first-order valence-corrected chi connectivity index (χ1v) is 6.90. The van der Waals surface area contributed by atoms with E-state index in [2.05, 4.69) is 22.3 Å². The Bertz CT molecular complexity index is 602. The highest BCUT2D eigenvalue weighted by atomic mass is 16.5. The number of nitrogen functional groups attached to an aromatic ring is 1. The van der Waals surface area contributed by atoms with Crippen molar-refractivity contribution in [3.63, 3.8) is 0 Å². The zero-order valence-corrected chi connectivity index (χ0v) is 12.6. The SMILES string of the molecule is CCCc1c(NN)ncnc1N(C)c1ccccc1OC. The number of nitrogens with two attached hydrogens (primary N) is 1. The fourth-order valence-electron chi connectivity index (χ4n) is 2.32. The summed E-state index contributed by atoms with van der Waals surface area (Å²) in [5.74, 6) is 7.84. The van der Waals surface area contributed by atoms with Crippen molar-refractivity contribution in [1.82, 2.24) is 9.97 Å². The molecule has 6 heteroatoms. The summed E-state index contributed by atoms with van der Waals surface area (Å²) < 4.78 is 5.42. The van der Waals surface area contributed by atoms with Crippen molar-refractivity contribution in [3.05, 3.63) is 36.2 Å². The molecule has 0 unspecified atom stereocenters. The van der Waals surface area contributed by atoms with Crippen molar-refractivity contribution < 1.29 is 4.74 Å². The molecule has 1 aromatic carbocycles. The topological polar surface area (TPSA) is 76.3 Å². The van der Waals surface area contributed by atoms with Crippen molar-refractivity contribution >= 4 is 17.3 Å². The molecule has 0 aliphatic heterocycles. The molecule has 1 heterocycles. The third kappa shape index (κ3) is 3.05. The number of methoxy groups -OCH3 is 1. The molecular formula is C15H21N5O. The van der Waals surface area contributed by atoms with Gasteiger partial charge in [-0.3, -0.25) is 0 Å². The van der Waals surface area contributed by atoms with Gasteiger partial charge in [0.1, 0.15) is 23.7 Å². The Balaban J connectivity index is 2.50. The molecule has 21 heavy (non-hydrogen) atoms. The highest BCUT2D eigenvalue weighted by molar-refractivity contribution is 5.71. The molecule has 0 spiro atoms. The van der Waals surface area contributed by atoms with E-state index in [1.165, 1.54) is 6.33 Å². The van der Waals surface area contributed by atoms with Gasteiger partial charge in [-0.05, 0) is 18.6 Å². The number of para-hydroxylation sites is 2. The third-order valence-corrected chi connectivity index (χ3v) is 3.32. The molecule has 0 aliphatic rings. The van der Waals surface area contributed by atoms with Crippen LogP contribution in [0.15, 0.2) is 30.6 Å². The van der Waals surface area contributed by atoms with Gasteiger partial charge in [-0.25, -0.2) is 15.8 Å². The molecule has 0 saturated heterocycles. The van der Waals surface area contributed by atoms with E-state index < -0.39 is 0 Å². The van der Waals surface area contributed by atoms with Crippen LogP contribution in [0.1, 0.15) is 18.9 Å². The van der Waals surface area contributed by atoms with E-state index in [0.29, 0.717) is 5.82 Å². The maximum Gasteiger partial charge on any atom is 0.148 e. The zero-order valence-electron chi connectivity index (χ0n) is 12.6. The summed E-state index contributed by atoms with van der Waals surface area (Å²) in [6, 6.07) is 7.83. The summed E-state index contributed by atoms with van der Waals surface area (Å²) in [5.41, 5.74) is 4.59. The summed E-state index contributed by atoms with van der Waals surface area (Å²) in [4.78, 5) is 10.6. The molecule has 0 bridgehead atoms. The predicted octanol–water partition coefficient (Wildman–Crippen LogP) is 2.49. The number of benzene rings is 1. The molecule has 2 rings (SSSR count). The first kappa shape index (κ1) is 15.1. The minimum Gasteiger partial charge on any atom is -0.495 e. The van der Waals surface area contributed by atoms with Gasteiger partial charge < -0.3 is 15.1 Å². The Morgan fingerprint density at radius 3 is 2.71 bits per heavy atom. The van der Waals surface area contributed by atoms with Crippen LogP contribution in [-0.4, -0.2) is 24.1 Å². The van der Waals surface area contributed by atoms with E-state index in [-0.39, 0.29) is 0 Å². The fourth-order valence-corrected chi connectivity index (χ4v) is 2.32. The largest absolute Gasteiger partial charge is 0.495 e. The van der Waals surface area contributed by atoms with Crippen LogP contribution in [0.2, 0.25) is 0 Å². The lowest BCUT2D eigenvalue weighted by atomic mass is 10.1. The Kier molecular flexibility index (Phi) is 4.94. The zero-order chi connectivity index (χ0) is 15.2. The molecule has 0 amide bonds. The highest BCUT2D eigenvalue weighted by Gasteiger charge is 2.17. The number of nitrogens with one attached hydrogen (secondary N) is 1.